The molecular weight excluding hydrogens is 371 g/mol. The Kier molecular flexibility index (Phi) is 5.29. The van der Waals surface area contributed by atoms with Gasteiger partial charge in [0.1, 0.15) is 17.6 Å². The largest absolute Gasteiger partial charge is 0.496 e. The average molecular weight is 394 g/mol. The van der Waals surface area contributed by atoms with Crippen molar-refractivity contribution in [1.82, 2.24) is 15.3 Å². The number of rotatable bonds is 5. The fourth-order valence-electron chi connectivity index (χ4n) is 3.79. The highest BCUT2D eigenvalue weighted by atomic mass is 19.1. The minimum Gasteiger partial charge on any atom is -0.496 e. The molecule has 3 aromatic rings. The number of carbonyl (C=O) groups is 1. The van der Waals surface area contributed by atoms with Crippen molar-refractivity contribution in [2.24, 2.45) is 0 Å². The molecule has 4 rings (SSSR count). The molecule has 1 aromatic heterocycles. The van der Waals surface area contributed by atoms with E-state index in [1.165, 1.54) is 12.1 Å². The Balaban J connectivity index is 1.53. The monoisotopic (exact) mass is 394 g/mol. The van der Waals surface area contributed by atoms with E-state index in [9.17, 15) is 9.18 Å². The van der Waals surface area contributed by atoms with Crippen molar-refractivity contribution in [3.8, 4) is 5.75 Å². The Bertz CT molecular complexity index is 1060. The molecule has 1 fully saturated rings. The predicted octanol–water partition coefficient (Wildman–Crippen LogP) is 3.37. The minimum atomic E-state index is -0.331. The van der Waals surface area contributed by atoms with Crippen LogP contribution in [0.2, 0.25) is 0 Å². The second kappa shape index (κ2) is 8.03. The van der Waals surface area contributed by atoms with Crippen molar-refractivity contribution in [2.45, 2.75) is 32.4 Å². The van der Waals surface area contributed by atoms with Crippen LogP contribution in [0.3, 0.4) is 0 Å². The summed E-state index contributed by atoms with van der Waals surface area (Å²) >= 11 is 0. The molecule has 1 amide bonds. The first-order valence-corrected chi connectivity index (χ1v) is 9.67. The summed E-state index contributed by atoms with van der Waals surface area (Å²) in [6.45, 7) is 2.93. The van der Waals surface area contributed by atoms with Gasteiger partial charge in [0.2, 0.25) is 11.9 Å². The van der Waals surface area contributed by atoms with E-state index in [1.807, 2.05) is 36.1 Å². The van der Waals surface area contributed by atoms with Crippen molar-refractivity contribution in [3.05, 3.63) is 59.5 Å². The van der Waals surface area contributed by atoms with Gasteiger partial charge in [0.25, 0.3) is 0 Å². The molecule has 0 saturated carbocycles. The average Bonchev–Trinajstić information content (AvgIpc) is 3.22. The number of aryl methyl sites for hydroxylation is 1. The molecule has 0 spiro atoms. The van der Waals surface area contributed by atoms with Crippen molar-refractivity contribution < 1.29 is 13.9 Å². The van der Waals surface area contributed by atoms with Crippen LogP contribution in [0.1, 0.15) is 24.1 Å². The van der Waals surface area contributed by atoms with Crippen molar-refractivity contribution in [3.63, 3.8) is 0 Å². The third kappa shape index (κ3) is 3.85. The van der Waals surface area contributed by atoms with Crippen molar-refractivity contribution >= 4 is 22.8 Å². The number of benzene rings is 2. The summed E-state index contributed by atoms with van der Waals surface area (Å²) in [4.78, 5) is 24.0. The number of methoxy groups -OCH3 is 1. The topological polar surface area (TPSA) is 67.3 Å². The first kappa shape index (κ1) is 19.1. The molecule has 7 heteroatoms. The third-order valence-corrected chi connectivity index (χ3v) is 5.29. The van der Waals surface area contributed by atoms with E-state index in [4.69, 9.17) is 4.74 Å². The van der Waals surface area contributed by atoms with Gasteiger partial charge in [-0.2, -0.15) is 0 Å². The van der Waals surface area contributed by atoms with Crippen LogP contribution in [-0.2, 0) is 11.3 Å². The summed E-state index contributed by atoms with van der Waals surface area (Å²) in [5.74, 6) is 0.883. The normalized spacial score (nSPS) is 16.2. The van der Waals surface area contributed by atoms with Gasteiger partial charge in [-0.05, 0) is 44.0 Å². The molecule has 2 heterocycles. The number of amides is 1. The number of halogens is 1. The Morgan fingerprint density at radius 2 is 2.10 bits per heavy atom. The van der Waals surface area contributed by atoms with E-state index in [-0.39, 0.29) is 17.8 Å². The van der Waals surface area contributed by atoms with Crippen LogP contribution >= 0.6 is 0 Å². The maximum absolute atomic E-state index is 13.5. The van der Waals surface area contributed by atoms with E-state index in [0.29, 0.717) is 35.6 Å². The van der Waals surface area contributed by atoms with Gasteiger partial charge >= 0.3 is 0 Å². The molecule has 0 aliphatic carbocycles. The summed E-state index contributed by atoms with van der Waals surface area (Å²) < 4.78 is 18.9. The SMILES string of the molecule is COc1ccccc1CNC(=O)[C@@H]1CCCN1c1nc(C)c2cc(F)ccc2n1. The fraction of sp³-hybridized carbons (Fsp3) is 0.318. The van der Waals surface area contributed by atoms with Gasteiger partial charge in [0, 0.05) is 24.0 Å². The lowest BCUT2D eigenvalue weighted by Gasteiger charge is -2.24. The molecule has 1 saturated heterocycles. The number of hydrogen-bond acceptors (Lipinski definition) is 5. The molecule has 0 radical (unpaired) electrons. The van der Waals surface area contributed by atoms with Gasteiger partial charge in [0.15, 0.2) is 0 Å². The van der Waals surface area contributed by atoms with Gasteiger partial charge in [-0.25, -0.2) is 14.4 Å². The number of carbonyl (C=O) groups excluding carboxylic acids is 1. The highest BCUT2D eigenvalue weighted by Crippen LogP contribution is 2.26. The number of hydrogen-bond donors (Lipinski definition) is 1. The molecule has 29 heavy (non-hydrogen) atoms. The van der Waals surface area contributed by atoms with Gasteiger partial charge in [-0.1, -0.05) is 18.2 Å². The van der Waals surface area contributed by atoms with E-state index >= 15 is 0 Å². The summed E-state index contributed by atoms with van der Waals surface area (Å²) in [6.07, 6.45) is 1.62. The first-order valence-electron chi connectivity index (χ1n) is 9.67. The molecule has 0 unspecified atom stereocenters. The van der Waals surface area contributed by atoms with Crippen molar-refractivity contribution in [1.29, 1.82) is 0 Å². The summed E-state index contributed by atoms with van der Waals surface area (Å²) in [5, 5.41) is 3.69. The van der Waals surface area contributed by atoms with Gasteiger partial charge in [-0.15, -0.1) is 0 Å². The molecule has 1 aliphatic heterocycles. The lowest BCUT2D eigenvalue weighted by molar-refractivity contribution is -0.122. The quantitative estimate of drug-likeness (QED) is 0.719. The molecule has 6 nitrogen and oxygen atoms in total. The van der Waals surface area contributed by atoms with Crippen LogP contribution in [0.15, 0.2) is 42.5 Å². The maximum atomic E-state index is 13.5. The highest BCUT2D eigenvalue weighted by molar-refractivity contribution is 5.86. The number of para-hydroxylation sites is 1. The Morgan fingerprint density at radius 1 is 1.28 bits per heavy atom. The number of anilines is 1. The third-order valence-electron chi connectivity index (χ3n) is 5.29. The summed E-state index contributed by atoms with van der Waals surface area (Å²) in [5.41, 5.74) is 2.30. The first-order chi connectivity index (χ1) is 14.1. The highest BCUT2D eigenvalue weighted by Gasteiger charge is 2.32. The Hall–Kier alpha value is -3.22. The minimum absolute atomic E-state index is 0.0612. The zero-order chi connectivity index (χ0) is 20.4. The maximum Gasteiger partial charge on any atom is 0.243 e. The number of nitrogens with zero attached hydrogens (tertiary/aromatic N) is 3. The van der Waals surface area contributed by atoms with E-state index in [2.05, 4.69) is 15.3 Å². The molecule has 0 bridgehead atoms. The number of fused-ring (bicyclic) bond motifs is 1. The van der Waals surface area contributed by atoms with Crippen LogP contribution in [-0.4, -0.2) is 35.6 Å². The molecular formula is C22H23FN4O2. The molecule has 1 aliphatic rings. The predicted molar refractivity (Wildman–Crippen MR) is 109 cm³/mol. The van der Waals surface area contributed by atoms with E-state index in [1.54, 1.807) is 13.2 Å². The summed E-state index contributed by atoms with van der Waals surface area (Å²) in [6, 6.07) is 11.8. The zero-order valence-electron chi connectivity index (χ0n) is 16.5. The van der Waals surface area contributed by atoms with Gasteiger partial charge in [0.05, 0.1) is 18.3 Å². The molecule has 150 valence electrons. The number of ether oxygens (including phenoxy) is 1. The summed E-state index contributed by atoms with van der Waals surface area (Å²) in [7, 11) is 1.62. The zero-order valence-corrected chi connectivity index (χ0v) is 16.5. The molecule has 1 atom stereocenters. The van der Waals surface area contributed by atoms with Crippen molar-refractivity contribution in [2.75, 3.05) is 18.6 Å². The Morgan fingerprint density at radius 3 is 2.93 bits per heavy atom. The molecule has 2 aromatic carbocycles. The second-order valence-corrected chi connectivity index (χ2v) is 7.15. The van der Waals surface area contributed by atoms with Crippen LogP contribution in [0, 0.1) is 12.7 Å². The second-order valence-electron chi connectivity index (χ2n) is 7.15. The van der Waals surface area contributed by atoms with Crippen LogP contribution in [0.4, 0.5) is 10.3 Å². The standard InChI is InChI=1S/C22H23FN4O2/c1-14-17-12-16(23)9-10-18(17)26-22(25-14)27-11-5-7-19(27)21(28)24-13-15-6-3-4-8-20(15)29-2/h3-4,6,8-10,12,19H,5,7,11,13H2,1-2H3,(H,24,28)/t19-/m0/s1. The van der Waals surface area contributed by atoms with E-state index < -0.39 is 0 Å². The fourth-order valence-corrected chi connectivity index (χ4v) is 3.79. The van der Waals surface area contributed by atoms with Crippen LogP contribution in [0.5, 0.6) is 5.75 Å². The Labute approximate surface area is 168 Å². The van der Waals surface area contributed by atoms with Gasteiger partial charge in [-0.3, -0.25) is 4.79 Å². The van der Waals surface area contributed by atoms with Crippen LogP contribution in [0.25, 0.3) is 10.9 Å². The lowest BCUT2D eigenvalue weighted by atomic mass is 10.1. The van der Waals surface area contributed by atoms with Gasteiger partial charge < -0.3 is 15.0 Å². The lowest BCUT2D eigenvalue weighted by Crippen LogP contribution is -2.43. The van der Waals surface area contributed by atoms with Crippen LogP contribution < -0.4 is 15.0 Å². The molecule has 1 N–H and O–H groups in total. The number of aromatic nitrogens is 2. The number of nitrogens with one attached hydrogen (secondary N) is 1. The smallest absolute Gasteiger partial charge is 0.243 e. The van der Waals surface area contributed by atoms with E-state index in [0.717, 1.165) is 24.2 Å².